The number of para-hydroxylation sites is 1. The number of nitrogens with zero attached hydrogens (tertiary/aromatic N) is 1. The van der Waals surface area contributed by atoms with E-state index in [4.69, 9.17) is 0 Å². The van der Waals surface area contributed by atoms with Crippen LogP contribution in [0.3, 0.4) is 0 Å². The third kappa shape index (κ3) is 4.11. The number of nitrogens with one attached hydrogen (secondary N) is 2. The minimum Gasteiger partial charge on any atom is -0.355 e. The minimum atomic E-state index is -4.41. The Labute approximate surface area is 143 Å². The molecule has 0 saturated carbocycles. The molecule has 2 aromatic rings. The fourth-order valence-electron chi connectivity index (χ4n) is 2.75. The largest absolute Gasteiger partial charge is 0.416 e. The van der Waals surface area contributed by atoms with E-state index in [9.17, 15) is 18.0 Å². The lowest BCUT2D eigenvalue weighted by atomic mass is 10.1. The predicted octanol–water partition coefficient (Wildman–Crippen LogP) is 3.49. The quantitative estimate of drug-likeness (QED) is 0.892. The van der Waals surface area contributed by atoms with Crippen LogP contribution in [0.2, 0.25) is 0 Å². The Morgan fingerprint density at radius 2 is 1.76 bits per heavy atom. The van der Waals surface area contributed by atoms with Crippen LogP contribution in [0.15, 0.2) is 48.5 Å². The summed E-state index contributed by atoms with van der Waals surface area (Å²) in [6.45, 7) is 2.68. The highest BCUT2D eigenvalue weighted by Gasteiger charge is 2.30. The molecule has 1 amide bonds. The number of halogens is 3. The summed E-state index contributed by atoms with van der Waals surface area (Å²) in [6.07, 6.45) is -4.41. The van der Waals surface area contributed by atoms with Crippen LogP contribution in [0, 0.1) is 0 Å². The summed E-state index contributed by atoms with van der Waals surface area (Å²) in [5.41, 5.74) is 0.492. The highest BCUT2D eigenvalue weighted by Crippen LogP contribution is 2.32. The Morgan fingerprint density at radius 1 is 1.04 bits per heavy atom. The van der Waals surface area contributed by atoms with Gasteiger partial charge in [0.25, 0.3) is 5.91 Å². The van der Waals surface area contributed by atoms with Gasteiger partial charge in [0.15, 0.2) is 0 Å². The second-order valence-corrected chi connectivity index (χ2v) is 5.79. The van der Waals surface area contributed by atoms with E-state index in [1.54, 1.807) is 35.2 Å². The van der Waals surface area contributed by atoms with E-state index in [2.05, 4.69) is 10.6 Å². The Bertz CT molecular complexity index is 755. The molecule has 1 saturated heterocycles. The van der Waals surface area contributed by atoms with Gasteiger partial charge in [-0.3, -0.25) is 4.79 Å². The van der Waals surface area contributed by atoms with Crippen molar-refractivity contribution in [3.63, 3.8) is 0 Å². The Kier molecular flexibility index (Phi) is 4.94. The van der Waals surface area contributed by atoms with Crippen LogP contribution in [0.4, 0.5) is 24.5 Å². The summed E-state index contributed by atoms with van der Waals surface area (Å²) in [5, 5.41) is 6.12. The van der Waals surface area contributed by atoms with E-state index < -0.39 is 11.7 Å². The number of alkyl halides is 3. The third-order valence-corrected chi connectivity index (χ3v) is 4.03. The van der Waals surface area contributed by atoms with Gasteiger partial charge in [-0.1, -0.05) is 18.2 Å². The lowest BCUT2D eigenvalue weighted by Gasteiger charge is -2.28. The van der Waals surface area contributed by atoms with Crippen molar-refractivity contribution in [2.45, 2.75) is 6.18 Å². The zero-order valence-electron chi connectivity index (χ0n) is 13.4. The maximum Gasteiger partial charge on any atom is 0.416 e. The second kappa shape index (κ2) is 7.14. The van der Waals surface area contributed by atoms with Gasteiger partial charge in [0, 0.05) is 31.9 Å². The zero-order chi connectivity index (χ0) is 17.9. The fraction of sp³-hybridized carbons (Fsp3) is 0.278. The number of carbonyl (C=O) groups is 1. The van der Waals surface area contributed by atoms with Gasteiger partial charge < -0.3 is 15.5 Å². The van der Waals surface area contributed by atoms with E-state index in [0.717, 1.165) is 25.2 Å². The Hall–Kier alpha value is -2.54. The molecule has 0 bridgehead atoms. The summed E-state index contributed by atoms with van der Waals surface area (Å²) < 4.78 is 38.6. The summed E-state index contributed by atoms with van der Waals surface area (Å²) in [6, 6.07) is 11.8. The topological polar surface area (TPSA) is 44.4 Å². The number of piperazine rings is 1. The van der Waals surface area contributed by atoms with Crippen molar-refractivity contribution in [3.8, 4) is 0 Å². The highest BCUT2D eigenvalue weighted by molar-refractivity contribution is 6.00. The molecule has 2 aromatic carbocycles. The van der Waals surface area contributed by atoms with Crippen LogP contribution in [0.5, 0.6) is 0 Å². The van der Waals surface area contributed by atoms with Crippen LogP contribution in [-0.2, 0) is 6.18 Å². The molecule has 1 fully saturated rings. The van der Waals surface area contributed by atoms with Crippen molar-refractivity contribution in [1.29, 1.82) is 0 Å². The monoisotopic (exact) mass is 349 g/mol. The molecule has 2 N–H and O–H groups in total. The van der Waals surface area contributed by atoms with Gasteiger partial charge in [-0.15, -0.1) is 0 Å². The Balaban J connectivity index is 1.85. The van der Waals surface area contributed by atoms with Gasteiger partial charge in [-0.05, 0) is 30.3 Å². The first-order chi connectivity index (χ1) is 11.9. The molecule has 3 rings (SSSR count). The molecule has 1 aliphatic rings. The summed E-state index contributed by atoms with van der Waals surface area (Å²) in [5.74, 6) is -0.128. The van der Waals surface area contributed by atoms with Crippen LogP contribution < -0.4 is 10.6 Å². The molecule has 7 heteroatoms. The summed E-state index contributed by atoms with van der Waals surface area (Å²) in [4.78, 5) is 14.5. The van der Waals surface area contributed by atoms with E-state index in [1.165, 1.54) is 6.07 Å². The third-order valence-electron chi connectivity index (χ3n) is 4.03. The molecule has 25 heavy (non-hydrogen) atoms. The lowest BCUT2D eigenvalue weighted by Crippen LogP contribution is -2.46. The van der Waals surface area contributed by atoms with E-state index >= 15 is 0 Å². The first-order valence-corrected chi connectivity index (χ1v) is 7.98. The van der Waals surface area contributed by atoms with Crippen molar-refractivity contribution in [3.05, 3.63) is 59.7 Å². The van der Waals surface area contributed by atoms with Gasteiger partial charge in [0.1, 0.15) is 0 Å². The maximum atomic E-state index is 12.9. The number of carbonyl (C=O) groups excluding carboxylic acids is 1. The summed E-state index contributed by atoms with van der Waals surface area (Å²) >= 11 is 0. The van der Waals surface area contributed by atoms with Crippen molar-refractivity contribution in [2.75, 3.05) is 31.5 Å². The van der Waals surface area contributed by atoms with E-state index in [0.29, 0.717) is 24.3 Å². The molecule has 0 aromatic heterocycles. The lowest BCUT2D eigenvalue weighted by molar-refractivity contribution is -0.137. The smallest absolute Gasteiger partial charge is 0.355 e. The maximum absolute atomic E-state index is 12.9. The normalized spacial score (nSPS) is 15.1. The van der Waals surface area contributed by atoms with Crippen molar-refractivity contribution < 1.29 is 18.0 Å². The molecule has 1 heterocycles. The van der Waals surface area contributed by atoms with Gasteiger partial charge in [-0.25, -0.2) is 0 Å². The number of anilines is 2. The number of amides is 1. The van der Waals surface area contributed by atoms with Gasteiger partial charge in [-0.2, -0.15) is 13.2 Å². The van der Waals surface area contributed by atoms with Gasteiger partial charge in [0.2, 0.25) is 0 Å². The average Bonchev–Trinajstić information content (AvgIpc) is 2.62. The van der Waals surface area contributed by atoms with Crippen LogP contribution >= 0.6 is 0 Å². The molecular formula is C18H18F3N3O. The van der Waals surface area contributed by atoms with E-state index in [-0.39, 0.29) is 11.6 Å². The molecule has 132 valence electrons. The zero-order valence-corrected chi connectivity index (χ0v) is 13.4. The first-order valence-electron chi connectivity index (χ1n) is 7.98. The van der Waals surface area contributed by atoms with Crippen molar-refractivity contribution in [1.82, 2.24) is 10.2 Å². The molecule has 4 nitrogen and oxygen atoms in total. The van der Waals surface area contributed by atoms with Crippen molar-refractivity contribution in [2.24, 2.45) is 0 Å². The highest BCUT2D eigenvalue weighted by atomic mass is 19.4. The predicted molar refractivity (Wildman–Crippen MR) is 89.9 cm³/mol. The average molecular weight is 349 g/mol. The SMILES string of the molecule is O=C(c1ccccc1Nc1cccc(C(F)(F)F)c1)N1CCNCC1. The number of hydrogen-bond acceptors (Lipinski definition) is 3. The molecule has 1 aliphatic heterocycles. The molecule has 0 radical (unpaired) electrons. The fourth-order valence-corrected chi connectivity index (χ4v) is 2.75. The number of hydrogen-bond donors (Lipinski definition) is 2. The van der Waals surface area contributed by atoms with Crippen molar-refractivity contribution >= 4 is 17.3 Å². The van der Waals surface area contributed by atoms with E-state index in [1.807, 2.05) is 0 Å². The number of benzene rings is 2. The molecular weight excluding hydrogens is 331 g/mol. The van der Waals surface area contributed by atoms with Crippen LogP contribution in [0.25, 0.3) is 0 Å². The molecule has 0 unspecified atom stereocenters. The Morgan fingerprint density at radius 3 is 2.48 bits per heavy atom. The molecule has 0 atom stereocenters. The minimum absolute atomic E-state index is 0.128. The van der Waals surface area contributed by atoms with Gasteiger partial charge in [0.05, 0.1) is 16.8 Å². The van der Waals surface area contributed by atoms with Crippen LogP contribution in [-0.4, -0.2) is 37.0 Å². The van der Waals surface area contributed by atoms with Gasteiger partial charge >= 0.3 is 6.18 Å². The number of rotatable bonds is 3. The second-order valence-electron chi connectivity index (χ2n) is 5.79. The van der Waals surface area contributed by atoms with Crippen LogP contribution in [0.1, 0.15) is 15.9 Å². The molecule has 0 aliphatic carbocycles. The molecule has 0 spiro atoms. The summed E-state index contributed by atoms with van der Waals surface area (Å²) in [7, 11) is 0. The first kappa shape index (κ1) is 17.3. The standard InChI is InChI=1S/C18H18F3N3O/c19-18(20,21)13-4-3-5-14(12-13)23-16-7-2-1-6-15(16)17(25)24-10-8-22-9-11-24/h1-7,12,22-23H,8-11H2.